The quantitative estimate of drug-likeness (QED) is 0.376. The van der Waals surface area contributed by atoms with E-state index in [1.54, 1.807) is 0 Å². The Morgan fingerprint density at radius 1 is 0.872 bits per heavy atom. The molecule has 0 amide bonds. The number of pyridine rings is 1. The van der Waals surface area contributed by atoms with Gasteiger partial charge in [-0.2, -0.15) is 4.98 Å². The topological polar surface area (TPSA) is 126 Å². The molecule has 2 aliphatic heterocycles. The lowest BCUT2D eigenvalue weighted by molar-refractivity contribution is 0.356. The number of nitrogens with two attached hydrogens (primary N) is 1. The minimum Gasteiger partial charge on any atom is -0.493 e. The molecule has 0 atom stereocenters. The first kappa shape index (κ1) is 24.7. The molecule has 0 spiro atoms. The van der Waals surface area contributed by atoms with Gasteiger partial charge in [0.2, 0.25) is 5.95 Å². The standard InChI is InChI=1S/C29H30N6O4/c1-17-11-18(2)32-26(30)23(17)14-31-27-33-28(36)35(16-20-4-6-25-22(13-20)8-10-39-25)29(37)34(27)15-19-3-5-24-21(12-19)7-9-38-24/h3-6,11-13H,7-10,14-16H2,1-2H3,(H2,30,32)(H,31,33,36). The summed E-state index contributed by atoms with van der Waals surface area (Å²) in [5, 5.41) is 3.19. The van der Waals surface area contributed by atoms with Crippen molar-refractivity contribution in [3.8, 4) is 11.5 Å². The van der Waals surface area contributed by atoms with Crippen LogP contribution < -0.4 is 31.9 Å². The first-order valence-corrected chi connectivity index (χ1v) is 13.0. The number of nitrogen functional groups attached to an aromatic ring is 1. The largest absolute Gasteiger partial charge is 0.493 e. The summed E-state index contributed by atoms with van der Waals surface area (Å²) in [6.45, 7) is 5.74. The highest BCUT2D eigenvalue weighted by atomic mass is 16.5. The van der Waals surface area contributed by atoms with Gasteiger partial charge in [-0.15, -0.1) is 0 Å². The third kappa shape index (κ3) is 4.85. The smallest absolute Gasteiger partial charge is 0.355 e. The van der Waals surface area contributed by atoms with Gasteiger partial charge in [-0.05, 0) is 59.9 Å². The molecule has 0 bridgehead atoms. The highest BCUT2D eigenvalue weighted by molar-refractivity contribution is 5.47. The lowest BCUT2D eigenvalue weighted by atomic mass is 10.1. The molecule has 4 heterocycles. The first-order chi connectivity index (χ1) is 18.9. The van der Waals surface area contributed by atoms with Gasteiger partial charge in [0.25, 0.3) is 0 Å². The number of aryl methyl sites for hydroxylation is 2. The second-order valence-electron chi connectivity index (χ2n) is 10.1. The summed E-state index contributed by atoms with van der Waals surface area (Å²) in [5.74, 6) is 2.30. The van der Waals surface area contributed by atoms with Gasteiger partial charge in [-0.25, -0.2) is 19.1 Å². The van der Waals surface area contributed by atoms with E-state index in [1.165, 1.54) is 9.13 Å². The maximum absolute atomic E-state index is 13.8. The molecule has 0 radical (unpaired) electrons. The second-order valence-corrected chi connectivity index (χ2v) is 10.1. The highest BCUT2D eigenvalue weighted by Crippen LogP contribution is 2.27. The number of nitrogens with zero attached hydrogens (tertiary/aromatic N) is 4. The average molecular weight is 527 g/mol. The molecule has 0 saturated heterocycles. The van der Waals surface area contributed by atoms with Crippen molar-refractivity contribution in [3.05, 3.63) is 103 Å². The van der Waals surface area contributed by atoms with E-state index in [-0.39, 0.29) is 25.6 Å². The van der Waals surface area contributed by atoms with Crippen LogP contribution in [0.25, 0.3) is 0 Å². The molecule has 200 valence electrons. The summed E-state index contributed by atoms with van der Waals surface area (Å²) in [5.41, 5.74) is 11.6. The molecule has 0 saturated carbocycles. The third-order valence-electron chi connectivity index (χ3n) is 7.27. The summed E-state index contributed by atoms with van der Waals surface area (Å²) >= 11 is 0. The molecule has 2 aromatic carbocycles. The second kappa shape index (κ2) is 9.94. The van der Waals surface area contributed by atoms with Crippen LogP contribution in [0.15, 0.2) is 52.1 Å². The zero-order valence-electron chi connectivity index (χ0n) is 22.0. The van der Waals surface area contributed by atoms with Crippen molar-refractivity contribution < 1.29 is 9.47 Å². The number of rotatable bonds is 7. The van der Waals surface area contributed by atoms with Crippen molar-refractivity contribution >= 4 is 11.8 Å². The van der Waals surface area contributed by atoms with Crippen molar-refractivity contribution in [2.75, 3.05) is 24.3 Å². The Morgan fingerprint density at radius 2 is 1.49 bits per heavy atom. The first-order valence-electron chi connectivity index (χ1n) is 13.0. The number of hydrogen-bond donors (Lipinski definition) is 2. The van der Waals surface area contributed by atoms with E-state index in [1.807, 2.05) is 56.3 Å². The number of ether oxygens (including phenoxy) is 2. The van der Waals surface area contributed by atoms with Gasteiger partial charge < -0.3 is 20.5 Å². The summed E-state index contributed by atoms with van der Waals surface area (Å²) in [6, 6.07) is 13.6. The summed E-state index contributed by atoms with van der Waals surface area (Å²) < 4.78 is 13.9. The minimum absolute atomic E-state index is 0.115. The van der Waals surface area contributed by atoms with E-state index in [0.717, 1.165) is 63.4 Å². The van der Waals surface area contributed by atoms with Gasteiger partial charge in [0.15, 0.2) is 0 Å². The van der Waals surface area contributed by atoms with Gasteiger partial charge in [0.1, 0.15) is 17.3 Å². The van der Waals surface area contributed by atoms with E-state index in [2.05, 4.69) is 15.3 Å². The normalized spacial score (nSPS) is 13.5. The molecule has 6 rings (SSSR count). The molecule has 2 aromatic heterocycles. The lowest BCUT2D eigenvalue weighted by Crippen LogP contribution is -2.43. The van der Waals surface area contributed by atoms with Crippen LogP contribution in [0, 0.1) is 13.8 Å². The number of benzene rings is 2. The van der Waals surface area contributed by atoms with Gasteiger partial charge in [0, 0.05) is 30.6 Å². The van der Waals surface area contributed by atoms with Crippen LogP contribution in [0.5, 0.6) is 11.5 Å². The zero-order valence-corrected chi connectivity index (χ0v) is 22.0. The van der Waals surface area contributed by atoms with Crippen LogP contribution in [0.3, 0.4) is 0 Å². The third-order valence-corrected chi connectivity index (χ3v) is 7.27. The van der Waals surface area contributed by atoms with Crippen LogP contribution >= 0.6 is 0 Å². The van der Waals surface area contributed by atoms with E-state index in [9.17, 15) is 9.59 Å². The predicted octanol–water partition coefficient (Wildman–Crippen LogP) is 2.58. The Labute approximate surface area is 225 Å². The Bertz CT molecular complexity index is 1680. The van der Waals surface area contributed by atoms with Gasteiger partial charge in [0.05, 0.1) is 26.3 Å². The van der Waals surface area contributed by atoms with Crippen LogP contribution in [-0.4, -0.2) is 32.3 Å². The maximum Gasteiger partial charge on any atom is 0.355 e. The Hall–Kier alpha value is -4.60. The number of aromatic nitrogens is 4. The van der Waals surface area contributed by atoms with E-state index in [0.29, 0.717) is 19.0 Å². The van der Waals surface area contributed by atoms with Crippen molar-refractivity contribution in [2.24, 2.45) is 0 Å². The predicted molar refractivity (Wildman–Crippen MR) is 148 cm³/mol. The van der Waals surface area contributed by atoms with Crippen molar-refractivity contribution in [1.82, 2.24) is 19.1 Å². The number of nitrogens with one attached hydrogen (secondary N) is 1. The molecular formula is C29H30N6O4. The minimum atomic E-state index is -0.621. The maximum atomic E-state index is 13.8. The molecule has 0 aliphatic carbocycles. The molecule has 0 unspecified atom stereocenters. The van der Waals surface area contributed by atoms with Gasteiger partial charge in [-0.3, -0.25) is 4.57 Å². The molecular weight excluding hydrogens is 496 g/mol. The Morgan fingerprint density at radius 3 is 2.10 bits per heavy atom. The Kier molecular flexibility index (Phi) is 6.30. The fourth-order valence-corrected chi connectivity index (χ4v) is 5.27. The molecule has 4 aromatic rings. The van der Waals surface area contributed by atoms with Gasteiger partial charge >= 0.3 is 11.4 Å². The van der Waals surface area contributed by atoms with E-state index in [4.69, 9.17) is 15.2 Å². The lowest BCUT2D eigenvalue weighted by Gasteiger charge is -2.17. The van der Waals surface area contributed by atoms with Gasteiger partial charge in [-0.1, -0.05) is 24.3 Å². The molecule has 0 fully saturated rings. The average Bonchev–Trinajstić information content (AvgIpc) is 3.56. The molecule has 3 N–H and O–H groups in total. The summed E-state index contributed by atoms with van der Waals surface area (Å²) in [4.78, 5) is 35.7. The van der Waals surface area contributed by atoms with E-state index < -0.39 is 11.4 Å². The van der Waals surface area contributed by atoms with Crippen molar-refractivity contribution in [2.45, 2.75) is 46.3 Å². The fourth-order valence-electron chi connectivity index (χ4n) is 5.27. The SMILES string of the molecule is Cc1cc(C)c(CNc2nc(=O)n(Cc3ccc4c(c3)CCO4)c(=O)n2Cc2ccc3c(c2)CCO3)c(N)n1. The van der Waals surface area contributed by atoms with Crippen molar-refractivity contribution in [1.29, 1.82) is 0 Å². The molecule has 2 aliphatic rings. The van der Waals surface area contributed by atoms with Crippen LogP contribution in [0.4, 0.5) is 11.8 Å². The summed E-state index contributed by atoms with van der Waals surface area (Å²) in [7, 11) is 0. The van der Waals surface area contributed by atoms with Crippen LogP contribution in [-0.2, 0) is 32.5 Å². The molecule has 39 heavy (non-hydrogen) atoms. The Balaban J connectivity index is 1.38. The zero-order chi connectivity index (χ0) is 27.1. The molecule has 10 heteroatoms. The fraction of sp³-hybridized carbons (Fsp3) is 0.310. The van der Waals surface area contributed by atoms with Crippen LogP contribution in [0.2, 0.25) is 0 Å². The highest BCUT2D eigenvalue weighted by Gasteiger charge is 2.19. The molecule has 10 nitrogen and oxygen atoms in total. The number of anilines is 2. The van der Waals surface area contributed by atoms with E-state index >= 15 is 0 Å². The van der Waals surface area contributed by atoms with Crippen LogP contribution in [0.1, 0.15) is 39.1 Å². The number of hydrogen-bond acceptors (Lipinski definition) is 8. The summed E-state index contributed by atoms with van der Waals surface area (Å²) in [6.07, 6.45) is 1.63. The monoisotopic (exact) mass is 526 g/mol. The van der Waals surface area contributed by atoms with Crippen molar-refractivity contribution in [3.63, 3.8) is 0 Å². The number of fused-ring (bicyclic) bond motifs is 2.